The van der Waals surface area contributed by atoms with Gasteiger partial charge in [-0.3, -0.25) is 9.10 Å². The summed E-state index contributed by atoms with van der Waals surface area (Å²) in [6, 6.07) is 8.92. The van der Waals surface area contributed by atoms with Crippen LogP contribution in [0.5, 0.6) is 0 Å². The van der Waals surface area contributed by atoms with Crippen LogP contribution in [0.1, 0.15) is 37.4 Å². The maximum atomic E-state index is 13.6. The Bertz CT molecular complexity index is 946. The highest BCUT2D eigenvalue weighted by molar-refractivity contribution is 7.92. The third kappa shape index (κ3) is 5.07. The zero-order chi connectivity index (χ0) is 21.1. The van der Waals surface area contributed by atoms with E-state index in [0.29, 0.717) is 6.42 Å². The Labute approximate surface area is 164 Å². The third-order valence-corrected chi connectivity index (χ3v) is 5.69. The molecule has 1 amide bonds. The number of halogens is 2. The molecule has 2 atom stereocenters. The van der Waals surface area contributed by atoms with E-state index in [9.17, 15) is 22.0 Å². The Balaban J connectivity index is 2.30. The molecule has 152 valence electrons. The van der Waals surface area contributed by atoms with Gasteiger partial charge in [0, 0.05) is 6.07 Å². The number of nitrogens with one attached hydrogen (secondary N) is 1. The molecule has 8 heteroatoms. The van der Waals surface area contributed by atoms with E-state index in [4.69, 9.17) is 0 Å². The Morgan fingerprint density at radius 3 is 2.21 bits per heavy atom. The van der Waals surface area contributed by atoms with Gasteiger partial charge in [0.25, 0.3) is 0 Å². The fourth-order valence-corrected chi connectivity index (χ4v) is 4.11. The molecule has 2 rings (SSSR count). The fraction of sp³-hybridized carbons (Fsp3) is 0.350. The molecule has 0 fully saturated rings. The predicted molar refractivity (Wildman–Crippen MR) is 105 cm³/mol. The number of aryl methyl sites for hydroxylation is 1. The van der Waals surface area contributed by atoms with Gasteiger partial charge < -0.3 is 5.32 Å². The standard InChI is InChI=1S/C20H24F2N2O3S/c1-5-19(15-8-6-13(2)7-9-15)23-20(25)14(3)24(28(4,26)27)16-10-11-17(21)18(22)12-16/h6-12,14,19H,5H2,1-4H3,(H,23,25). The molecule has 1 N–H and O–H groups in total. The third-order valence-electron chi connectivity index (χ3n) is 4.45. The first-order valence-corrected chi connectivity index (χ1v) is 10.7. The number of nitrogens with zero attached hydrogens (tertiary/aromatic N) is 1. The summed E-state index contributed by atoms with van der Waals surface area (Å²) in [5, 5.41) is 2.84. The Kier molecular flexibility index (Phi) is 6.77. The van der Waals surface area contributed by atoms with Crippen molar-refractivity contribution in [2.75, 3.05) is 10.6 Å². The van der Waals surface area contributed by atoms with Crippen LogP contribution in [-0.2, 0) is 14.8 Å². The Hall–Kier alpha value is -2.48. The number of carbonyl (C=O) groups is 1. The highest BCUT2D eigenvalue weighted by Crippen LogP contribution is 2.24. The Morgan fingerprint density at radius 1 is 1.11 bits per heavy atom. The van der Waals surface area contributed by atoms with Crippen molar-refractivity contribution in [3.8, 4) is 0 Å². The maximum Gasteiger partial charge on any atom is 0.244 e. The molecule has 5 nitrogen and oxygen atoms in total. The van der Waals surface area contributed by atoms with Crippen molar-refractivity contribution in [1.82, 2.24) is 5.32 Å². The van der Waals surface area contributed by atoms with Crippen LogP contribution in [0.15, 0.2) is 42.5 Å². The lowest BCUT2D eigenvalue weighted by Crippen LogP contribution is -2.48. The smallest absolute Gasteiger partial charge is 0.244 e. The molecule has 0 spiro atoms. The number of hydrogen-bond acceptors (Lipinski definition) is 3. The van der Waals surface area contributed by atoms with E-state index in [1.807, 2.05) is 38.1 Å². The van der Waals surface area contributed by atoms with E-state index in [0.717, 1.165) is 39.9 Å². The minimum Gasteiger partial charge on any atom is -0.347 e. The molecule has 0 bridgehead atoms. The monoisotopic (exact) mass is 410 g/mol. The summed E-state index contributed by atoms with van der Waals surface area (Å²) in [6.07, 6.45) is 1.51. The second kappa shape index (κ2) is 8.68. The lowest BCUT2D eigenvalue weighted by Gasteiger charge is -2.30. The molecule has 0 heterocycles. The van der Waals surface area contributed by atoms with Crippen molar-refractivity contribution in [3.05, 3.63) is 65.2 Å². The number of anilines is 1. The van der Waals surface area contributed by atoms with E-state index >= 15 is 0 Å². The van der Waals surface area contributed by atoms with Crippen LogP contribution in [-0.4, -0.2) is 26.6 Å². The van der Waals surface area contributed by atoms with Crippen molar-refractivity contribution < 1.29 is 22.0 Å². The minimum atomic E-state index is -3.92. The molecule has 28 heavy (non-hydrogen) atoms. The summed E-state index contributed by atoms with van der Waals surface area (Å²) in [5.74, 6) is -2.83. The summed E-state index contributed by atoms with van der Waals surface area (Å²) >= 11 is 0. The van der Waals surface area contributed by atoms with Crippen LogP contribution in [0.3, 0.4) is 0 Å². The van der Waals surface area contributed by atoms with Crippen molar-refractivity contribution in [3.63, 3.8) is 0 Å². The number of hydrogen-bond donors (Lipinski definition) is 1. The first kappa shape index (κ1) is 21.8. The SMILES string of the molecule is CCC(NC(=O)C(C)N(c1ccc(F)c(F)c1)S(C)(=O)=O)c1ccc(C)cc1. The van der Waals surface area contributed by atoms with Crippen LogP contribution in [0.2, 0.25) is 0 Å². The molecule has 2 unspecified atom stereocenters. The van der Waals surface area contributed by atoms with Crippen molar-refractivity contribution in [2.24, 2.45) is 0 Å². The van der Waals surface area contributed by atoms with Crippen LogP contribution < -0.4 is 9.62 Å². The minimum absolute atomic E-state index is 0.118. The molecule has 0 aliphatic carbocycles. The zero-order valence-electron chi connectivity index (χ0n) is 16.2. The quantitative estimate of drug-likeness (QED) is 0.757. The number of sulfonamides is 1. The van der Waals surface area contributed by atoms with Crippen LogP contribution >= 0.6 is 0 Å². The second-order valence-electron chi connectivity index (χ2n) is 6.71. The molecule has 0 aromatic heterocycles. The summed E-state index contributed by atoms with van der Waals surface area (Å²) in [6.45, 7) is 5.26. The van der Waals surface area contributed by atoms with Gasteiger partial charge in [-0.15, -0.1) is 0 Å². The topological polar surface area (TPSA) is 66.5 Å². The number of rotatable bonds is 7. The van der Waals surface area contributed by atoms with Gasteiger partial charge >= 0.3 is 0 Å². The van der Waals surface area contributed by atoms with E-state index in [1.165, 1.54) is 6.92 Å². The van der Waals surface area contributed by atoms with Crippen LogP contribution in [0.4, 0.5) is 14.5 Å². The Morgan fingerprint density at radius 2 is 1.71 bits per heavy atom. The lowest BCUT2D eigenvalue weighted by molar-refractivity contribution is -0.122. The summed E-state index contributed by atoms with van der Waals surface area (Å²) in [4.78, 5) is 12.8. The van der Waals surface area contributed by atoms with Gasteiger partial charge in [-0.2, -0.15) is 0 Å². The first-order valence-electron chi connectivity index (χ1n) is 8.86. The van der Waals surface area contributed by atoms with E-state index in [-0.39, 0.29) is 11.7 Å². The van der Waals surface area contributed by atoms with Crippen molar-refractivity contribution in [2.45, 2.75) is 39.3 Å². The molecular weight excluding hydrogens is 386 g/mol. The number of amides is 1. The van der Waals surface area contributed by atoms with Crippen molar-refractivity contribution in [1.29, 1.82) is 0 Å². The molecule has 0 aliphatic heterocycles. The number of benzene rings is 2. The van der Waals surface area contributed by atoms with Crippen LogP contribution in [0, 0.1) is 18.6 Å². The number of carbonyl (C=O) groups excluding carboxylic acids is 1. The fourth-order valence-electron chi connectivity index (χ4n) is 2.94. The first-order chi connectivity index (χ1) is 13.0. The summed E-state index contributed by atoms with van der Waals surface area (Å²) in [5.41, 5.74) is 1.86. The maximum absolute atomic E-state index is 13.6. The molecule has 2 aromatic carbocycles. The van der Waals surface area contributed by atoms with E-state index < -0.39 is 33.6 Å². The highest BCUT2D eigenvalue weighted by atomic mass is 32.2. The van der Waals surface area contributed by atoms with Gasteiger partial charge in [0.05, 0.1) is 18.0 Å². The molecule has 2 aromatic rings. The largest absolute Gasteiger partial charge is 0.347 e. The molecule has 0 radical (unpaired) electrons. The molecule has 0 aliphatic rings. The van der Waals surface area contributed by atoms with E-state index in [1.54, 1.807) is 0 Å². The zero-order valence-corrected chi connectivity index (χ0v) is 17.1. The average Bonchev–Trinajstić information content (AvgIpc) is 2.62. The van der Waals surface area contributed by atoms with Gasteiger partial charge in [-0.25, -0.2) is 17.2 Å². The summed E-state index contributed by atoms with van der Waals surface area (Å²) in [7, 11) is -3.92. The van der Waals surface area contributed by atoms with Gasteiger partial charge in [0.1, 0.15) is 6.04 Å². The normalized spacial score (nSPS) is 13.6. The molecular formula is C20H24F2N2O3S. The second-order valence-corrected chi connectivity index (χ2v) is 8.57. The van der Waals surface area contributed by atoms with E-state index in [2.05, 4.69) is 5.32 Å². The lowest BCUT2D eigenvalue weighted by atomic mass is 10.0. The van der Waals surface area contributed by atoms with Crippen LogP contribution in [0.25, 0.3) is 0 Å². The molecule has 0 saturated carbocycles. The van der Waals surface area contributed by atoms with Gasteiger partial charge in [0.15, 0.2) is 11.6 Å². The predicted octanol–water partition coefficient (Wildman–Crippen LogP) is 3.70. The average molecular weight is 410 g/mol. The van der Waals surface area contributed by atoms with Gasteiger partial charge in [0.2, 0.25) is 15.9 Å². The summed E-state index contributed by atoms with van der Waals surface area (Å²) < 4.78 is 52.2. The molecule has 0 saturated heterocycles. The van der Waals surface area contributed by atoms with Gasteiger partial charge in [-0.05, 0) is 38.0 Å². The highest BCUT2D eigenvalue weighted by Gasteiger charge is 2.30. The van der Waals surface area contributed by atoms with Crippen molar-refractivity contribution >= 4 is 21.6 Å². The van der Waals surface area contributed by atoms with Gasteiger partial charge in [-0.1, -0.05) is 36.8 Å².